The second kappa shape index (κ2) is 9.80. The number of rotatable bonds is 10. The topological polar surface area (TPSA) is 55.4 Å². The summed E-state index contributed by atoms with van der Waals surface area (Å²) in [7, 11) is 9.70. The minimum atomic E-state index is 0.602. The first-order valence-corrected chi connectivity index (χ1v) is 8.70. The fraction of sp³-hybridized carbons (Fsp3) is 0.429. The van der Waals surface area contributed by atoms with E-state index in [0.29, 0.717) is 34.5 Å². The van der Waals surface area contributed by atoms with E-state index in [4.69, 9.17) is 28.4 Å². The average molecular weight is 376 g/mol. The summed E-state index contributed by atoms with van der Waals surface area (Å²) in [6.07, 6.45) is 2.61. The van der Waals surface area contributed by atoms with Crippen LogP contribution in [-0.2, 0) is 12.8 Å². The molecule has 6 heteroatoms. The standard InChI is InChI=1S/C21H28O6/c1-22-16-11-10-15(19(25-4)21(16)27-6)9-7-8-14-12-17(23-2)20(26-5)18(13-14)24-3/h10-13H,7-9H2,1-6H3. The molecule has 0 amide bonds. The quantitative estimate of drug-likeness (QED) is 0.627. The van der Waals surface area contributed by atoms with Crippen molar-refractivity contribution in [3.63, 3.8) is 0 Å². The van der Waals surface area contributed by atoms with Crippen molar-refractivity contribution >= 4 is 0 Å². The number of ether oxygens (including phenoxy) is 6. The number of aryl methyl sites for hydroxylation is 2. The van der Waals surface area contributed by atoms with Gasteiger partial charge in [0.2, 0.25) is 11.5 Å². The van der Waals surface area contributed by atoms with Crippen LogP contribution in [0.4, 0.5) is 0 Å². The van der Waals surface area contributed by atoms with E-state index in [-0.39, 0.29) is 0 Å². The molecule has 0 spiro atoms. The van der Waals surface area contributed by atoms with Crippen LogP contribution in [0, 0.1) is 0 Å². The smallest absolute Gasteiger partial charge is 0.203 e. The lowest BCUT2D eigenvalue weighted by molar-refractivity contribution is 0.322. The van der Waals surface area contributed by atoms with Gasteiger partial charge in [-0.05, 0) is 48.6 Å². The molecule has 0 aliphatic carbocycles. The number of benzene rings is 2. The van der Waals surface area contributed by atoms with Crippen molar-refractivity contribution in [3.8, 4) is 34.5 Å². The van der Waals surface area contributed by atoms with Crippen LogP contribution in [0.15, 0.2) is 24.3 Å². The summed E-state index contributed by atoms with van der Waals surface area (Å²) in [5, 5.41) is 0. The molecule has 0 aliphatic rings. The lowest BCUT2D eigenvalue weighted by Gasteiger charge is -2.16. The SMILES string of the molecule is COc1cc(CCCc2ccc(OC)c(OC)c2OC)cc(OC)c1OC. The normalized spacial score (nSPS) is 10.3. The van der Waals surface area contributed by atoms with Gasteiger partial charge < -0.3 is 28.4 Å². The maximum atomic E-state index is 5.55. The predicted molar refractivity (Wildman–Crippen MR) is 104 cm³/mol. The van der Waals surface area contributed by atoms with Gasteiger partial charge in [0.15, 0.2) is 23.0 Å². The summed E-state index contributed by atoms with van der Waals surface area (Å²) in [5.74, 6) is 3.91. The summed E-state index contributed by atoms with van der Waals surface area (Å²) in [4.78, 5) is 0. The molecule has 0 aromatic heterocycles. The molecule has 0 aliphatic heterocycles. The van der Waals surface area contributed by atoms with Crippen LogP contribution in [0.25, 0.3) is 0 Å². The van der Waals surface area contributed by atoms with Gasteiger partial charge in [-0.3, -0.25) is 0 Å². The maximum Gasteiger partial charge on any atom is 0.203 e. The van der Waals surface area contributed by atoms with E-state index in [1.807, 2.05) is 24.3 Å². The summed E-state index contributed by atoms with van der Waals surface area (Å²) in [6, 6.07) is 7.87. The van der Waals surface area contributed by atoms with Crippen LogP contribution in [0.3, 0.4) is 0 Å². The third kappa shape index (κ3) is 4.51. The summed E-state index contributed by atoms with van der Waals surface area (Å²) in [6.45, 7) is 0. The van der Waals surface area contributed by atoms with Crippen LogP contribution >= 0.6 is 0 Å². The van der Waals surface area contributed by atoms with Gasteiger partial charge in [0.1, 0.15) is 0 Å². The van der Waals surface area contributed by atoms with E-state index in [0.717, 1.165) is 30.4 Å². The van der Waals surface area contributed by atoms with Gasteiger partial charge in [-0.15, -0.1) is 0 Å². The second-order valence-corrected chi connectivity index (χ2v) is 5.88. The van der Waals surface area contributed by atoms with Crippen LogP contribution < -0.4 is 28.4 Å². The molecular weight excluding hydrogens is 348 g/mol. The predicted octanol–water partition coefficient (Wildman–Crippen LogP) is 3.91. The summed E-state index contributed by atoms with van der Waals surface area (Å²) >= 11 is 0. The first-order valence-electron chi connectivity index (χ1n) is 8.70. The molecule has 2 rings (SSSR count). The molecule has 0 unspecified atom stereocenters. The molecule has 148 valence electrons. The molecule has 0 bridgehead atoms. The molecule has 0 heterocycles. The van der Waals surface area contributed by atoms with Crippen molar-refractivity contribution in [1.82, 2.24) is 0 Å². The molecular formula is C21H28O6. The maximum absolute atomic E-state index is 5.55. The third-order valence-corrected chi connectivity index (χ3v) is 4.42. The first kappa shape index (κ1) is 20.6. The van der Waals surface area contributed by atoms with Gasteiger partial charge in [0.25, 0.3) is 0 Å². The average Bonchev–Trinajstić information content (AvgIpc) is 2.72. The summed E-state index contributed by atoms with van der Waals surface area (Å²) < 4.78 is 32.6. The van der Waals surface area contributed by atoms with Gasteiger partial charge in [0, 0.05) is 0 Å². The minimum absolute atomic E-state index is 0.602. The second-order valence-electron chi connectivity index (χ2n) is 5.88. The Labute approximate surface area is 160 Å². The highest BCUT2D eigenvalue weighted by atomic mass is 16.5. The minimum Gasteiger partial charge on any atom is -0.493 e. The highest BCUT2D eigenvalue weighted by Gasteiger charge is 2.16. The Hall–Kier alpha value is -2.76. The fourth-order valence-electron chi connectivity index (χ4n) is 3.12. The molecule has 0 saturated carbocycles. The van der Waals surface area contributed by atoms with Crippen molar-refractivity contribution in [2.24, 2.45) is 0 Å². The molecule has 2 aromatic rings. The van der Waals surface area contributed by atoms with Crippen molar-refractivity contribution in [2.75, 3.05) is 42.7 Å². The van der Waals surface area contributed by atoms with Crippen LogP contribution in [-0.4, -0.2) is 42.7 Å². The molecule has 0 atom stereocenters. The zero-order valence-corrected chi connectivity index (χ0v) is 16.9. The number of hydrogen-bond acceptors (Lipinski definition) is 6. The van der Waals surface area contributed by atoms with Gasteiger partial charge in [-0.1, -0.05) is 6.07 Å². The molecule has 0 saturated heterocycles. The van der Waals surface area contributed by atoms with E-state index in [1.165, 1.54) is 0 Å². The van der Waals surface area contributed by atoms with Crippen LogP contribution in [0.5, 0.6) is 34.5 Å². The van der Waals surface area contributed by atoms with Gasteiger partial charge >= 0.3 is 0 Å². The van der Waals surface area contributed by atoms with Gasteiger partial charge in [-0.2, -0.15) is 0 Å². The summed E-state index contributed by atoms with van der Waals surface area (Å²) in [5.41, 5.74) is 2.19. The third-order valence-electron chi connectivity index (χ3n) is 4.42. The Morgan fingerprint density at radius 2 is 1.11 bits per heavy atom. The monoisotopic (exact) mass is 376 g/mol. The van der Waals surface area contributed by atoms with Crippen molar-refractivity contribution < 1.29 is 28.4 Å². The van der Waals surface area contributed by atoms with Crippen molar-refractivity contribution in [3.05, 3.63) is 35.4 Å². The van der Waals surface area contributed by atoms with E-state index in [9.17, 15) is 0 Å². The molecule has 0 N–H and O–H groups in total. The highest BCUT2D eigenvalue weighted by Crippen LogP contribution is 2.41. The molecule has 0 radical (unpaired) electrons. The number of methoxy groups -OCH3 is 6. The molecule has 6 nitrogen and oxygen atoms in total. The van der Waals surface area contributed by atoms with Crippen LogP contribution in [0.2, 0.25) is 0 Å². The first-order chi connectivity index (χ1) is 13.1. The lowest BCUT2D eigenvalue weighted by atomic mass is 10.0. The van der Waals surface area contributed by atoms with Crippen LogP contribution in [0.1, 0.15) is 17.5 Å². The molecule has 27 heavy (non-hydrogen) atoms. The number of hydrogen-bond donors (Lipinski definition) is 0. The van der Waals surface area contributed by atoms with Gasteiger partial charge in [-0.25, -0.2) is 0 Å². The Kier molecular flexibility index (Phi) is 7.46. The Morgan fingerprint density at radius 3 is 1.59 bits per heavy atom. The van der Waals surface area contributed by atoms with E-state index >= 15 is 0 Å². The fourth-order valence-corrected chi connectivity index (χ4v) is 3.12. The Balaban J connectivity index is 2.17. The Morgan fingerprint density at radius 1 is 0.556 bits per heavy atom. The van der Waals surface area contributed by atoms with E-state index in [2.05, 4.69) is 0 Å². The zero-order chi connectivity index (χ0) is 19.8. The highest BCUT2D eigenvalue weighted by molar-refractivity contribution is 5.56. The Bertz CT molecular complexity index is 732. The van der Waals surface area contributed by atoms with Crippen molar-refractivity contribution in [1.29, 1.82) is 0 Å². The van der Waals surface area contributed by atoms with E-state index in [1.54, 1.807) is 42.7 Å². The van der Waals surface area contributed by atoms with Crippen molar-refractivity contribution in [2.45, 2.75) is 19.3 Å². The largest absolute Gasteiger partial charge is 0.493 e. The molecule has 0 fully saturated rings. The molecule has 2 aromatic carbocycles. The van der Waals surface area contributed by atoms with E-state index < -0.39 is 0 Å². The zero-order valence-electron chi connectivity index (χ0n) is 16.9. The van der Waals surface area contributed by atoms with Gasteiger partial charge in [0.05, 0.1) is 42.7 Å². The lowest BCUT2D eigenvalue weighted by Crippen LogP contribution is -2.00.